The number of carbonyl (C=O) groups is 1. The van der Waals surface area contributed by atoms with Crippen molar-refractivity contribution >= 4 is 34.6 Å². The van der Waals surface area contributed by atoms with Gasteiger partial charge in [-0.2, -0.15) is 0 Å². The average Bonchev–Trinajstić information content (AvgIpc) is 2.83. The number of likely N-dealkylation sites (N-methyl/N-ethyl adjacent to an activating group) is 1. The van der Waals surface area contributed by atoms with Crippen LogP contribution < -0.4 is 4.90 Å². The summed E-state index contributed by atoms with van der Waals surface area (Å²) in [6.45, 7) is 10.2. The normalized spacial score (nSPS) is 25.8. The molecule has 0 aliphatic carbocycles. The fourth-order valence-corrected chi connectivity index (χ4v) is 5.03. The molecule has 1 atom stereocenters. The van der Waals surface area contributed by atoms with E-state index in [4.69, 9.17) is 0 Å². The van der Waals surface area contributed by atoms with Crippen LogP contribution in [0.3, 0.4) is 0 Å². The second kappa shape index (κ2) is 6.52. The molecule has 1 saturated heterocycles. The number of amidine groups is 1. The van der Waals surface area contributed by atoms with Gasteiger partial charge < -0.3 is 4.90 Å². The number of nitrogens with zero attached hydrogens (tertiary/aromatic N) is 3. The highest BCUT2D eigenvalue weighted by molar-refractivity contribution is 8.18. The van der Waals surface area contributed by atoms with Crippen molar-refractivity contribution in [1.29, 1.82) is 0 Å². The van der Waals surface area contributed by atoms with Gasteiger partial charge >= 0.3 is 0 Å². The summed E-state index contributed by atoms with van der Waals surface area (Å²) in [6, 6.07) is 6.59. The van der Waals surface area contributed by atoms with E-state index in [-0.39, 0.29) is 11.4 Å². The van der Waals surface area contributed by atoms with Crippen LogP contribution >= 0.6 is 11.8 Å². The Bertz CT molecular complexity index is 766. The zero-order valence-corrected chi connectivity index (χ0v) is 16.8. The van der Waals surface area contributed by atoms with Gasteiger partial charge in [0.1, 0.15) is 0 Å². The second-order valence-electron chi connectivity index (χ2n) is 7.46. The predicted molar refractivity (Wildman–Crippen MR) is 108 cm³/mol. The van der Waals surface area contributed by atoms with Crippen LogP contribution in [0, 0.1) is 0 Å². The van der Waals surface area contributed by atoms with E-state index in [9.17, 15) is 4.79 Å². The molecule has 0 N–H and O–H groups in total. The molecule has 0 bridgehead atoms. The SMILES string of the molecule is CCN1c2ccc(/C=C3/SC(=NC)N(C)C3=O)cc2C(C)CC1(C)C. The van der Waals surface area contributed by atoms with E-state index in [1.807, 2.05) is 6.08 Å². The molecule has 1 amide bonds. The molecule has 1 fully saturated rings. The van der Waals surface area contributed by atoms with Crippen molar-refractivity contribution in [3.63, 3.8) is 0 Å². The topological polar surface area (TPSA) is 35.9 Å². The number of thioether (sulfide) groups is 1. The minimum atomic E-state index is 0.0210. The summed E-state index contributed by atoms with van der Waals surface area (Å²) in [4.78, 5) is 21.4. The standard InChI is InChI=1S/C20H27N3OS/c1-7-23-16-9-8-14(10-15(16)13(2)12-20(23,3)4)11-17-18(24)22(6)19(21-5)25-17/h8-11,13H,7,12H2,1-6H3/b17-11+,21-19?. The molecule has 4 nitrogen and oxygen atoms in total. The van der Waals surface area contributed by atoms with Crippen molar-refractivity contribution in [2.24, 2.45) is 4.99 Å². The second-order valence-corrected chi connectivity index (χ2v) is 8.47. The highest BCUT2D eigenvalue weighted by atomic mass is 32.2. The molecule has 0 spiro atoms. The summed E-state index contributed by atoms with van der Waals surface area (Å²) in [7, 11) is 3.49. The number of fused-ring (bicyclic) bond motifs is 1. The molecule has 2 aliphatic rings. The van der Waals surface area contributed by atoms with Crippen LogP contribution in [0.25, 0.3) is 6.08 Å². The summed E-state index contributed by atoms with van der Waals surface area (Å²) in [6.07, 6.45) is 3.13. The van der Waals surface area contributed by atoms with E-state index in [2.05, 4.69) is 55.8 Å². The summed E-state index contributed by atoms with van der Waals surface area (Å²) in [5.74, 6) is 0.529. The Hall–Kier alpha value is -1.75. The molecule has 134 valence electrons. The first kappa shape index (κ1) is 18.1. The number of rotatable bonds is 2. The number of hydrogen-bond donors (Lipinski definition) is 0. The van der Waals surface area contributed by atoms with Crippen molar-refractivity contribution in [1.82, 2.24) is 4.90 Å². The molecule has 0 radical (unpaired) electrons. The molecular formula is C20H27N3OS. The third kappa shape index (κ3) is 3.10. The molecule has 0 saturated carbocycles. The van der Waals surface area contributed by atoms with Crippen LogP contribution in [0.15, 0.2) is 28.1 Å². The first-order valence-corrected chi connectivity index (χ1v) is 9.66. The van der Waals surface area contributed by atoms with E-state index in [0.717, 1.165) is 28.6 Å². The first-order chi connectivity index (χ1) is 11.8. The highest BCUT2D eigenvalue weighted by Crippen LogP contribution is 2.43. The lowest BCUT2D eigenvalue weighted by Gasteiger charge is -2.47. The van der Waals surface area contributed by atoms with Gasteiger partial charge in [0, 0.05) is 31.9 Å². The third-order valence-electron chi connectivity index (χ3n) is 5.22. The summed E-state index contributed by atoms with van der Waals surface area (Å²) in [5, 5.41) is 0.751. The molecule has 2 aliphatic heterocycles. The van der Waals surface area contributed by atoms with Gasteiger partial charge in [-0.05, 0) is 74.2 Å². The van der Waals surface area contributed by atoms with Crippen molar-refractivity contribution in [3.8, 4) is 0 Å². The van der Waals surface area contributed by atoms with E-state index < -0.39 is 0 Å². The molecule has 5 heteroatoms. The monoisotopic (exact) mass is 357 g/mol. The Balaban J connectivity index is 1.99. The molecule has 1 aromatic rings. The fraction of sp³-hybridized carbons (Fsp3) is 0.500. The number of hydrogen-bond acceptors (Lipinski definition) is 4. The maximum Gasteiger partial charge on any atom is 0.266 e. The van der Waals surface area contributed by atoms with Crippen molar-refractivity contribution < 1.29 is 4.79 Å². The molecule has 25 heavy (non-hydrogen) atoms. The number of anilines is 1. The first-order valence-electron chi connectivity index (χ1n) is 8.84. The van der Waals surface area contributed by atoms with Crippen LogP contribution in [0.2, 0.25) is 0 Å². The largest absolute Gasteiger partial charge is 0.366 e. The minimum Gasteiger partial charge on any atom is -0.366 e. The van der Waals surface area contributed by atoms with Gasteiger partial charge in [0.15, 0.2) is 5.17 Å². The smallest absolute Gasteiger partial charge is 0.266 e. The summed E-state index contributed by atoms with van der Waals surface area (Å²) in [5.41, 5.74) is 3.96. The van der Waals surface area contributed by atoms with Crippen molar-refractivity contribution in [2.45, 2.75) is 45.6 Å². The Kier molecular flexibility index (Phi) is 4.71. The number of aliphatic imine (C=N–C) groups is 1. The highest BCUT2D eigenvalue weighted by Gasteiger charge is 2.35. The fourth-order valence-electron chi connectivity index (χ4n) is 4.10. The van der Waals surface area contributed by atoms with Gasteiger partial charge in [-0.3, -0.25) is 14.7 Å². The van der Waals surface area contributed by atoms with Gasteiger partial charge in [0.25, 0.3) is 5.91 Å². The van der Waals surface area contributed by atoms with Crippen LogP contribution in [0.5, 0.6) is 0 Å². The molecule has 1 aromatic carbocycles. The van der Waals surface area contributed by atoms with Gasteiger partial charge in [0.05, 0.1) is 4.91 Å². The molecule has 0 aromatic heterocycles. The molecule has 2 heterocycles. The van der Waals surface area contributed by atoms with Crippen LogP contribution in [-0.4, -0.2) is 42.2 Å². The van der Waals surface area contributed by atoms with E-state index in [1.54, 1.807) is 19.0 Å². The zero-order chi connectivity index (χ0) is 18.4. The Morgan fingerprint density at radius 1 is 1.40 bits per heavy atom. The Morgan fingerprint density at radius 2 is 2.12 bits per heavy atom. The van der Waals surface area contributed by atoms with Gasteiger partial charge in [-0.15, -0.1) is 0 Å². The van der Waals surface area contributed by atoms with E-state index in [1.165, 1.54) is 23.0 Å². The van der Waals surface area contributed by atoms with Crippen molar-refractivity contribution in [3.05, 3.63) is 34.2 Å². The maximum atomic E-state index is 12.4. The van der Waals surface area contributed by atoms with Crippen LogP contribution in [0.4, 0.5) is 5.69 Å². The third-order valence-corrected chi connectivity index (χ3v) is 6.37. The number of benzene rings is 1. The van der Waals surface area contributed by atoms with Gasteiger partial charge in [0.2, 0.25) is 0 Å². The van der Waals surface area contributed by atoms with Gasteiger partial charge in [-0.25, -0.2) is 0 Å². The number of amides is 1. The average molecular weight is 358 g/mol. The number of carbonyl (C=O) groups excluding carboxylic acids is 1. The minimum absolute atomic E-state index is 0.0210. The summed E-state index contributed by atoms with van der Waals surface area (Å²) < 4.78 is 0. The van der Waals surface area contributed by atoms with Crippen LogP contribution in [0.1, 0.15) is 51.2 Å². The van der Waals surface area contributed by atoms with E-state index in [0.29, 0.717) is 5.92 Å². The maximum absolute atomic E-state index is 12.4. The Labute approximate surface area is 155 Å². The molecular weight excluding hydrogens is 330 g/mol. The zero-order valence-electron chi connectivity index (χ0n) is 16.0. The van der Waals surface area contributed by atoms with Gasteiger partial charge in [-0.1, -0.05) is 13.0 Å². The summed E-state index contributed by atoms with van der Waals surface area (Å²) >= 11 is 1.44. The molecule has 3 rings (SSSR count). The van der Waals surface area contributed by atoms with Crippen molar-refractivity contribution in [2.75, 3.05) is 25.5 Å². The molecule has 1 unspecified atom stereocenters. The lowest BCUT2D eigenvalue weighted by atomic mass is 9.79. The van der Waals surface area contributed by atoms with E-state index >= 15 is 0 Å². The Morgan fingerprint density at radius 3 is 2.72 bits per heavy atom. The predicted octanol–water partition coefficient (Wildman–Crippen LogP) is 4.33. The van der Waals surface area contributed by atoms with Crippen LogP contribution in [-0.2, 0) is 4.79 Å². The quantitative estimate of drug-likeness (QED) is 0.739. The lowest BCUT2D eigenvalue weighted by molar-refractivity contribution is -0.121. The lowest BCUT2D eigenvalue weighted by Crippen LogP contribution is -2.48.